The maximum absolute atomic E-state index is 12.4. The van der Waals surface area contributed by atoms with Crippen LogP contribution < -0.4 is 10.0 Å². The molecule has 2 fully saturated rings. The Bertz CT molecular complexity index is 579. The molecule has 1 aliphatic heterocycles. The van der Waals surface area contributed by atoms with Gasteiger partial charge in [-0.2, -0.15) is 11.8 Å². The summed E-state index contributed by atoms with van der Waals surface area (Å²) in [5.41, 5.74) is 1.03. The van der Waals surface area contributed by atoms with Crippen molar-refractivity contribution in [1.29, 1.82) is 0 Å². The van der Waals surface area contributed by atoms with E-state index in [0.717, 1.165) is 30.0 Å². The summed E-state index contributed by atoms with van der Waals surface area (Å²) in [4.78, 5) is 0.378. The van der Waals surface area contributed by atoms with Crippen molar-refractivity contribution < 1.29 is 8.42 Å². The van der Waals surface area contributed by atoms with Crippen molar-refractivity contribution in [2.45, 2.75) is 36.7 Å². The fraction of sp³-hybridized carbons (Fsp3) is 0.600. The third-order valence-corrected chi connectivity index (χ3v) is 6.62. The van der Waals surface area contributed by atoms with Crippen molar-refractivity contribution in [3.8, 4) is 0 Å². The molecule has 2 N–H and O–H groups in total. The van der Waals surface area contributed by atoms with Gasteiger partial charge in [0.1, 0.15) is 0 Å². The van der Waals surface area contributed by atoms with Gasteiger partial charge in [0.05, 0.1) is 4.90 Å². The van der Waals surface area contributed by atoms with E-state index < -0.39 is 10.0 Å². The zero-order valence-corrected chi connectivity index (χ0v) is 13.7. The van der Waals surface area contributed by atoms with Crippen LogP contribution in [0.25, 0.3) is 0 Å². The van der Waals surface area contributed by atoms with E-state index in [1.807, 2.05) is 23.9 Å². The molecule has 0 amide bonds. The second-order valence-electron chi connectivity index (χ2n) is 5.88. The highest BCUT2D eigenvalue weighted by molar-refractivity contribution is 7.99. The lowest BCUT2D eigenvalue weighted by molar-refractivity contribution is 0.545. The van der Waals surface area contributed by atoms with Gasteiger partial charge in [0, 0.05) is 19.1 Å². The number of sulfonamides is 1. The second-order valence-corrected chi connectivity index (χ2v) is 8.80. The van der Waals surface area contributed by atoms with Crippen molar-refractivity contribution >= 4 is 21.8 Å². The quantitative estimate of drug-likeness (QED) is 0.804. The molecule has 1 aromatic rings. The topological polar surface area (TPSA) is 58.2 Å². The fourth-order valence-electron chi connectivity index (χ4n) is 2.43. The highest BCUT2D eigenvalue weighted by Crippen LogP contribution is 2.23. The van der Waals surface area contributed by atoms with Crippen LogP contribution in [0.15, 0.2) is 29.2 Å². The number of hydrogen-bond acceptors (Lipinski definition) is 4. The molecule has 2 aliphatic rings. The minimum atomic E-state index is -3.38. The Kier molecular flexibility index (Phi) is 4.88. The minimum absolute atomic E-state index is 0.378. The van der Waals surface area contributed by atoms with Crippen LogP contribution in [-0.2, 0) is 16.6 Å². The van der Waals surface area contributed by atoms with Gasteiger partial charge in [-0.25, -0.2) is 13.1 Å². The first-order valence-electron chi connectivity index (χ1n) is 7.53. The van der Waals surface area contributed by atoms with E-state index in [0.29, 0.717) is 23.4 Å². The third kappa shape index (κ3) is 4.45. The molecule has 116 valence electrons. The summed E-state index contributed by atoms with van der Waals surface area (Å²) in [6.07, 6.45) is 3.58. The van der Waals surface area contributed by atoms with Gasteiger partial charge in [-0.3, -0.25) is 0 Å². The predicted molar refractivity (Wildman–Crippen MR) is 86.9 cm³/mol. The molecule has 1 unspecified atom stereocenters. The lowest BCUT2D eigenvalue weighted by Crippen LogP contribution is -2.29. The summed E-state index contributed by atoms with van der Waals surface area (Å²) in [7, 11) is -3.38. The lowest BCUT2D eigenvalue weighted by atomic mass is 10.1. The highest BCUT2D eigenvalue weighted by Gasteiger charge is 2.21. The van der Waals surface area contributed by atoms with Crippen LogP contribution in [0.5, 0.6) is 0 Å². The molecule has 1 aromatic carbocycles. The largest absolute Gasteiger partial charge is 0.310 e. The molecular weight excluding hydrogens is 304 g/mol. The van der Waals surface area contributed by atoms with Gasteiger partial charge in [0.2, 0.25) is 10.0 Å². The average Bonchev–Trinajstić information content (AvgIpc) is 3.17. The first-order valence-corrected chi connectivity index (χ1v) is 10.2. The van der Waals surface area contributed by atoms with Crippen LogP contribution in [-0.4, -0.2) is 32.5 Å². The minimum Gasteiger partial charge on any atom is -0.310 e. The molecule has 0 aromatic heterocycles. The second kappa shape index (κ2) is 6.69. The standard InChI is InChI=1S/C15H22N2O2S2/c18-21(19,17-10-13-6-7-20-11-13)15-3-1-2-12(8-15)9-16-14-4-5-14/h1-3,8,13-14,16-17H,4-7,9-11H2. The van der Waals surface area contributed by atoms with Crippen molar-refractivity contribution in [3.05, 3.63) is 29.8 Å². The summed E-state index contributed by atoms with van der Waals surface area (Å²) in [6.45, 7) is 1.30. The lowest BCUT2D eigenvalue weighted by Gasteiger charge is -2.12. The summed E-state index contributed by atoms with van der Waals surface area (Å²) in [6, 6.07) is 7.88. The van der Waals surface area contributed by atoms with Crippen LogP contribution in [0.4, 0.5) is 0 Å². The molecule has 1 aliphatic carbocycles. The molecule has 0 radical (unpaired) electrons. The smallest absolute Gasteiger partial charge is 0.240 e. The summed E-state index contributed by atoms with van der Waals surface area (Å²) in [5.74, 6) is 2.69. The fourth-order valence-corrected chi connectivity index (χ4v) is 4.90. The van der Waals surface area contributed by atoms with E-state index in [-0.39, 0.29) is 0 Å². The Morgan fingerprint density at radius 1 is 1.24 bits per heavy atom. The van der Waals surface area contributed by atoms with Gasteiger partial charge in [-0.1, -0.05) is 12.1 Å². The monoisotopic (exact) mass is 326 g/mol. The molecule has 1 saturated carbocycles. The van der Waals surface area contributed by atoms with Crippen LogP contribution >= 0.6 is 11.8 Å². The zero-order valence-electron chi connectivity index (χ0n) is 12.0. The van der Waals surface area contributed by atoms with E-state index >= 15 is 0 Å². The van der Waals surface area contributed by atoms with Gasteiger partial charge >= 0.3 is 0 Å². The van der Waals surface area contributed by atoms with Gasteiger partial charge in [-0.15, -0.1) is 0 Å². The van der Waals surface area contributed by atoms with Gasteiger partial charge in [0.15, 0.2) is 0 Å². The zero-order chi connectivity index (χ0) is 14.7. The molecule has 21 heavy (non-hydrogen) atoms. The number of thioether (sulfide) groups is 1. The van der Waals surface area contributed by atoms with E-state index in [1.54, 1.807) is 12.1 Å². The van der Waals surface area contributed by atoms with Crippen molar-refractivity contribution in [3.63, 3.8) is 0 Å². The normalized spacial score (nSPS) is 22.6. The third-order valence-electron chi connectivity index (χ3n) is 3.97. The van der Waals surface area contributed by atoms with Crippen molar-refractivity contribution in [2.75, 3.05) is 18.1 Å². The van der Waals surface area contributed by atoms with E-state index in [4.69, 9.17) is 0 Å². The summed E-state index contributed by atoms with van der Waals surface area (Å²) < 4.78 is 27.5. The predicted octanol–water partition coefficient (Wildman–Crippen LogP) is 1.97. The summed E-state index contributed by atoms with van der Waals surface area (Å²) >= 11 is 1.90. The molecule has 0 spiro atoms. The highest BCUT2D eigenvalue weighted by atomic mass is 32.2. The van der Waals surface area contributed by atoms with E-state index in [2.05, 4.69) is 10.0 Å². The van der Waals surface area contributed by atoms with Crippen LogP contribution in [0.1, 0.15) is 24.8 Å². The van der Waals surface area contributed by atoms with Crippen LogP contribution in [0, 0.1) is 5.92 Å². The number of benzene rings is 1. The molecule has 6 heteroatoms. The van der Waals surface area contributed by atoms with E-state index in [9.17, 15) is 8.42 Å². The molecule has 1 saturated heterocycles. The Morgan fingerprint density at radius 3 is 2.81 bits per heavy atom. The van der Waals surface area contributed by atoms with Crippen LogP contribution in [0.2, 0.25) is 0 Å². The van der Waals surface area contributed by atoms with Gasteiger partial charge < -0.3 is 5.32 Å². The Morgan fingerprint density at radius 2 is 2.10 bits per heavy atom. The SMILES string of the molecule is O=S(=O)(NCC1CCSC1)c1cccc(CNC2CC2)c1. The van der Waals surface area contributed by atoms with E-state index in [1.165, 1.54) is 12.8 Å². The molecule has 0 bridgehead atoms. The molecule has 3 rings (SSSR count). The maximum Gasteiger partial charge on any atom is 0.240 e. The Hall–Kier alpha value is -0.560. The molecule has 4 nitrogen and oxygen atoms in total. The number of hydrogen-bond donors (Lipinski definition) is 2. The first-order chi connectivity index (χ1) is 10.1. The van der Waals surface area contributed by atoms with Crippen molar-refractivity contribution in [2.24, 2.45) is 5.92 Å². The average molecular weight is 326 g/mol. The van der Waals surface area contributed by atoms with Crippen molar-refractivity contribution in [1.82, 2.24) is 10.0 Å². The number of nitrogens with one attached hydrogen (secondary N) is 2. The molecule has 1 heterocycles. The molecule has 1 atom stereocenters. The Labute approximate surface area is 131 Å². The Balaban J connectivity index is 1.61. The summed E-state index contributed by atoms with van der Waals surface area (Å²) in [5, 5.41) is 3.41. The van der Waals surface area contributed by atoms with Gasteiger partial charge in [-0.05, 0) is 54.4 Å². The van der Waals surface area contributed by atoms with Gasteiger partial charge in [0.25, 0.3) is 0 Å². The van der Waals surface area contributed by atoms with Crippen LogP contribution in [0.3, 0.4) is 0 Å². The molecular formula is C15H22N2O2S2. The first kappa shape index (κ1) is 15.3. The number of rotatable bonds is 7. The maximum atomic E-state index is 12.4.